The van der Waals surface area contributed by atoms with Gasteiger partial charge in [0, 0.05) is 11.6 Å². The minimum Gasteiger partial charge on any atom is -0.284 e. The topological polar surface area (TPSA) is 56.1 Å². The van der Waals surface area contributed by atoms with Gasteiger partial charge >= 0.3 is 6.18 Å². The van der Waals surface area contributed by atoms with Gasteiger partial charge in [0.1, 0.15) is 0 Å². The molecule has 0 N–H and O–H groups in total. The molecule has 0 aliphatic heterocycles. The third-order valence-electron chi connectivity index (χ3n) is 2.54. The van der Waals surface area contributed by atoms with Crippen molar-refractivity contribution in [1.82, 2.24) is 3.97 Å². The Hall–Kier alpha value is -1.83. The molecule has 0 radical (unpaired) electrons. The smallest absolute Gasteiger partial charge is 0.284 e. The van der Waals surface area contributed by atoms with Crippen LogP contribution in [-0.4, -0.2) is 30.6 Å². The molecule has 0 saturated carbocycles. The van der Waals surface area contributed by atoms with Gasteiger partial charge in [-0.3, -0.25) is 4.79 Å². The molecular weight excluding hydrogens is 283 g/mol. The zero-order chi connectivity index (χ0) is 14.4. The van der Waals surface area contributed by atoms with E-state index >= 15 is 0 Å². The molecule has 1 aromatic carbocycles. The molecule has 0 bridgehead atoms. The van der Waals surface area contributed by atoms with Gasteiger partial charge in [-0.2, -0.15) is 13.2 Å². The molecule has 0 saturated heterocycles. The van der Waals surface area contributed by atoms with Crippen LogP contribution < -0.4 is 0 Å². The molecule has 4 nitrogen and oxygen atoms in total. The van der Waals surface area contributed by atoms with E-state index in [9.17, 15) is 26.4 Å². The van der Waals surface area contributed by atoms with Crippen LogP contribution in [0.3, 0.4) is 0 Å². The maximum atomic E-state index is 12.5. The molecule has 0 fully saturated rings. The quantitative estimate of drug-likeness (QED) is 0.797. The van der Waals surface area contributed by atoms with Gasteiger partial charge in [-0.05, 0) is 6.07 Å². The van der Waals surface area contributed by atoms with Crippen molar-refractivity contribution in [3.8, 4) is 0 Å². The second kappa shape index (κ2) is 4.09. The fraction of sp³-hybridized carbons (Fsp3) is 0.182. The van der Waals surface area contributed by atoms with Crippen LogP contribution in [0.15, 0.2) is 30.5 Å². The first-order valence-corrected chi connectivity index (χ1v) is 6.89. The standard InChI is InChI=1S/C11H8F3NO3S/c1-19(17,18)15-6-8(10(16)11(12,13)14)7-4-2-3-5-9(7)15/h2-6H,1H3. The van der Waals surface area contributed by atoms with Crippen molar-refractivity contribution in [2.75, 3.05) is 6.26 Å². The fourth-order valence-corrected chi connectivity index (χ4v) is 2.57. The fourth-order valence-electron chi connectivity index (χ4n) is 1.76. The predicted molar refractivity (Wildman–Crippen MR) is 62.6 cm³/mol. The Morgan fingerprint density at radius 2 is 1.79 bits per heavy atom. The number of carbonyl (C=O) groups is 1. The third kappa shape index (κ3) is 2.35. The average Bonchev–Trinajstić information content (AvgIpc) is 2.65. The zero-order valence-corrected chi connectivity index (χ0v) is 10.4. The molecule has 0 amide bonds. The summed E-state index contributed by atoms with van der Waals surface area (Å²) in [7, 11) is -3.79. The van der Waals surface area contributed by atoms with E-state index in [4.69, 9.17) is 0 Å². The van der Waals surface area contributed by atoms with Crippen LogP contribution in [0.1, 0.15) is 10.4 Å². The highest BCUT2D eigenvalue weighted by Gasteiger charge is 2.41. The van der Waals surface area contributed by atoms with Crippen molar-refractivity contribution in [2.24, 2.45) is 0 Å². The van der Waals surface area contributed by atoms with E-state index in [0.717, 1.165) is 6.26 Å². The third-order valence-corrected chi connectivity index (χ3v) is 3.55. The lowest BCUT2D eigenvalue weighted by Gasteiger charge is -2.02. The van der Waals surface area contributed by atoms with Crippen molar-refractivity contribution >= 4 is 26.7 Å². The number of fused-ring (bicyclic) bond motifs is 1. The van der Waals surface area contributed by atoms with Crippen molar-refractivity contribution in [3.63, 3.8) is 0 Å². The first-order valence-electron chi connectivity index (χ1n) is 5.04. The van der Waals surface area contributed by atoms with Crippen LogP contribution in [0.2, 0.25) is 0 Å². The Labute approximate surface area is 106 Å². The number of carbonyl (C=O) groups excluding carboxylic acids is 1. The Morgan fingerprint density at radius 3 is 2.32 bits per heavy atom. The number of hydrogen-bond donors (Lipinski definition) is 0. The summed E-state index contributed by atoms with van der Waals surface area (Å²) in [5.74, 6) is -2.06. The maximum Gasteiger partial charge on any atom is 0.454 e. The maximum absolute atomic E-state index is 12.5. The van der Waals surface area contributed by atoms with Gasteiger partial charge in [0.15, 0.2) is 0 Å². The SMILES string of the molecule is CS(=O)(=O)n1cc(C(=O)C(F)(F)F)c2ccccc21. The van der Waals surface area contributed by atoms with Crippen molar-refractivity contribution in [3.05, 3.63) is 36.0 Å². The summed E-state index contributed by atoms with van der Waals surface area (Å²) in [4.78, 5) is 11.3. The number of para-hydroxylation sites is 1. The number of Topliss-reactive ketones (excluding diaryl/α,β-unsaturated/α-hetero) is 1. The van der Waals surface area contributed by atoms with Crippen molar-refractivity contribution in [2.45, 2.75) is 6.18 Å². The first-order chi connectivity index (χ1) is 8.62. The summed E-state index contributed by atoms with van der Waals surface area (Å²) in [6.07, 6.45) is -3.50. The van der Waals surface area contributed by atoms with Gasteiger partial charge < -0.3 is 0 Å². The molecule has 1 aromatic heterocycles. The molecule has 2 aromatic rings. The molecule has 0 spiro atoms. The summed E-state index contributed by atoms with van der Waals surface area (Å²) >= 11 is 0. The first kappa shape index (κ1) is 13.6. The summed E-state index contributed by atoms with van der Waals surface area (Å²) < 4.78 is 61.1. The lowest BCUT2D eigenvalue weighted by atomic mass is 10.1. The van der Waals surface area contributed by atoms with E-state index in [1.165, 1.54) is 24.3 Å². The van der Waals surface area contributed by atoms with Crippen LogP contribution in [-0.2, 0) is 10.0 Å². The lowest BCUT2D eigenvalue weighted by molar-refractivity contribution is -0.0884. The Balaban J connectivity index is 2.82. The summed E-state index contributed by atoms with van der Waals surface area (Å²) in [5, 5.41) is -0.0461. The molecule has 19 heavy (non-hydrogen) atoms. The van der Waals surface area contributed by atoms with Crippen molar-refractivity contribution < 1.29 is 26.4 Å². The van der Waals surface area contributed by atoms with Gasteiger partial charge in [0.25, 0.3) is 5.78 Å². The molecule has 2 rings (SSSR count). The minimum atomic E-state index is -5.05. The molecule has 102 valence electrons. The van der Waals surface area contributed by atoms with Gasteiger partial charge in [0.2, 0.25) is 10.0 Å². The normalized spacial score (nSPS) is 12.8. The minimum absolute atomic E-state index is 0.0394. The van der Waals surface area contributed by atoms with Crippen molar-refractivity contribution in [1.29, 1.82) is 0 Å². The highest BCUT2D eigenvalue weighted by atomic mass is 32.2. The number of rotatable bonds is 2. The highest BCUT2D eigenvalue weighted by molar-refractivity contribution is 7.89. The van der Waals surface area contributed by atoms with Gasteiger partial charge in [0.05, 0.1) is 17.3 Å². The second-order valence-corrected chi connectivity index (χ2v) is 5.81. The number of aromatic nitrogens is 1. The van der Waals surface area contributed by atoms with Crippen LogP contribution in [0.5, 0.6) is 0 Å². The summed E-state index contributed by atoms with van der Waals surface area (Å²) in [6.45, 7) is 0. The van der Waals surface area contributed by atoms with Gasteiger partial charge in [-0.1, -0.05) is 18.2 Å². The predicted octanol–water partition coefficient (Wildman–Crippen LogP) is 2.19. The van der Waals surface area contributed by atoms with E-state index in [-0.39, 0.29) is 10.9 Å². The van der Waals surface area contributed by atoms with E-state index in [0.29, 0.717) is 10.2 Å². The van der Waals surface area contributed by atoms with Gasteiger partial charge in [-0.25, -0.2) is 12.4 Å². The summed E-state index contributed by atoms with van der Waals surface area (Å²) in [6, 6.07) is 5.52. The number of alkyl halides is 3. The number of nitrogens with zero attached hydrogens (tertiary/aromatic N) is 1. The molecule has 0 aliphatic rings. The number of hydrogen-bond acceptors (Lipinski definition) is 3. The average molecular weight is 291 g/mol. The molecule has 0 aliphatic carbocycles. The number of halogens is 3. The van der Waals surface area contributed by atoms with Gasteiger partial charge in [-0.15, -0.1) is 0 Å². The highest BCUT2D eigenvalue weighted by Crippen LogP contribution is 2.29. The van der Waals surface area contributed by atoms with E-state index in [2.05, 4.69) is 0 Å². The number of ketones is 1. The van der Waals surface area contributed by atoms with Crippen LogP contribution in [0.4, 0.5) is 13.2 Å². The molecule has 0 atom stereocenters. The lowest BCUT2D eigenvalue weighted by Crippen LogP contribution is -2.22. The molecule has 1 heterocycles. The van der Waals surface area contributed by atoms with E-state index in [1.807, 2.05) is 0 Å². The Bertz CT molecular complexity index is 759. The Morgan fingerprint density at radius 1 is 1.21 bits per heavy atom. The molecular formula is C11H8F3NO3S. The van der Waals surface area contributed by atoms with E-state index in [1.54, 1.807) is 0 Å². The largest absolute Gasteiger partial charge is 0.454 e. The molecule has 8 heteroatoms. The Kier molecular flexibility index (Phi) is 2.93. The number of benzene rings is 1. The van der Waals surface area contributed by atoms with Crippen LogP contribution >= 0.6 is 0 Å². The van der Waals surface area contributed by atoms with E-state index < -0.39 is 27.5 Å². The second-order valence-electron chi connectivity index (χ2n) is 3.95. The summed E-state index contributed by atoms with van der Waals surface area (Å²) in [5.41, 5.74) is -0.633. The zero-order valence-electron chi connectivity index (χ0n) is 9.60. The van der Waals surface area contributed by atoms with Crippen LogP contribution in [0.25, 0.3) is 10.9 Å². The van der Waals surface area contributed by atoms with Crippen LogP contribution in [0, 0.1) is 0 Å². The monoisotopic (exact) mass is 291 g/mol. The molecule has 0 unspecified atom stereocenters.